The van der Waals surface area contributed by atoms with E-state index >= 15 is 0 Å². The van der Waals surface area contributed by atoms with E-state index in [1.54, 1.807) is 13.0 Å². The van der Waals surface area contributed by atoms with Crippen LogP contribution in [-0.2, 0) is 6.61 Å². The Morgan fingerprint density at radius 2 is 2.11 bits per heavy atom. The molecule has 19 heavy (non-hydrogen) atoms. The van der Waals surface area contributed by atoms with Crippen LogP contribution in [0.1, 0.15) is 16.8 Å². The normalized spacial score (nSPS) is 10.6. The van der Waals surface area contributed by atoms with E-state index in [0.29, 0.717) is 5.56 Å². The van der Waals surface area contributed by atoms with Gasteiger partial charge in [0.15, 0.2) is 11.6 Å². The van der Waals surface area contributed by atoms with E-state index in [2.05, 4.69) is 4.98 Å². The fourth-order valence-corrected chi connectivity index (χ4v) is 1.94. The number of benzene rings is 1. The highest BCUT2D eigenvalue weighted by Crippen LogP contribution is 2.30. The Labute approximate surface area is 115 Å². The van der Waals surface area contributed by atoms with Crippen molar-refractivity contribution in [1.29, 1.82) is 0 Å². The number of nitrogens with zero attached hydrogens (tertiary/aromatic N) is 1. The van der Waals surface area contributed by atoms with Crippen molar-refractivity contribution in [3.8, 4) is 11.6 Å². The molecule has 0 unspecified atom stereocenters. The van der Waals surface area contributed by atoms with E-state index < -0.39 is 5.82 Å². The van der Waals surface area contributed by atoms with Crippen molar-refractivity contribution in [3.63, 3.8) is 0 Å². The second-order valence-electron chi connectivity index (χ2n) is 4.18. The largest absolute Gasteiger partial charge is 0.435 e. The minimum Gasteiger partial charge on any atom is -0.435 e. The van der Waals surface area contributed by atoms with E-state index in [9.17, 15) is 9.50 Å². The molecule has 0 aliphatic carbocycles. The quantitative estimate of drug-likeness (QED) is 0.931. The van der Waals surface area contributed by atoms with Crippen molar-refractivity contribution >= 4 is 11.6 Å². The highest BCUT2D eigenvalue weighted by atomic mass is 35.5. The molecule has 0 aliphatic heterocycles. The van der Waals surface area contributed by atoms with Crippen LogP contribution >= 0.6 is 11.6 Å². The number of ether oxygens (including phenoxy) is 1. The van der Waals surface area contributed by atoms with Gasteiger partial charge in [0.25, 0.3) is 0 Å². The van der Waals surface area contributed by atoms with Crippen LogP contribution in [-0.4, -0.2) is 10.1 Å². The molecule has 0 amide bonds. The molecule has 0 aliphatic rings. The molecular weight excluding hydrogens is 269 g/mol. The SMILES string of the molecule is Cc1cc(C)c(CO)c(Oc2cccc(Cl)c2F)n1. The third-order valence-corrected chi connectivity index (χ3v) is 3.01. The lowest BCUT2D eigenvalue weighted by atomic mass is 10.1. The predicted molar refractivity (Wildman–Crippen MR) is 71.1 cm³/mol. The van der Waals surface area contributed by atoms with Crippen LogP contribution < -0.4 is 4.74 Å². The summed E-state index contributed by atoms with van der Waals surface area (Å²) >= 11 is 5.69. The summed E-state index contributed by atoms with van der Waals surface area (Å²) in [7, 11) is 0. The topological polar surface area (TPSA) is 42.4 Å². The summed E-state index contributed by atoms with van der Waals surface area (Å²) in [6, 6.07) is 6.31. The van der Waals surface area contributed by atoms with Gasteiger partial charge in [0, 0.05) is 11.3 Å². The van der Waals surface area contributed by atoms with Crippen molar-refractivity contribution in [1.82, 2.24) is 4.98 Å². The van der Waals surface area contributed by atoms with Gasteiger partial charge in [-0.15, -0.1) is 0 Å². The zero-order valence-corrected chi connectivity index (χ0v) is 11.3. The predicted octanol–water partition coefficient (Wildman–Crippen LogP) is 3.78. The van der Waals surface area contributed by atoms with Crippen molar-refractivity contribution in [2.75, 3.05) is 0 Å². The first-order chi connectivity index (χ1) is 9.02. The molecule has 5 heteroatoms. The average Bonchev–Trinajstić information content (AvgIpc) is 2.34. The molecule has 0 saturated carbocycles. The van der Waals surface area contributed by atoms with E-state index in [1.165, 1.54) is 12.1 Å². The van der Waals surface area contributed by atoms with Gasteiger partial charge in [0.2, 0.25) is 5.88 Å². The maximum Gasteiger partial charge on any atom is 0.225 e. The van der Waals surface area contributed by atoms with Crippen LogP contribution in [0.3, 0.4) is 0 Å². The van der Waals surface area contributed by atoms with Crippen LogP contribution in [0.2, 0.25) is 5.02 Å². The number of hydrogen-bond acceptors (Lipinski definition) is 3. The molecule has 1 aromatic carbocycles. The molecule has 100 valence electrons. The number of aryl methyl sites for hydroxylation is 2. The second-order valence-corrected chi connectivity index (χ2v) is 4.58. The third-order valence-electron chi connectivity index (χ3n) is 2.72. The first-order valence-corrected chi connectivity index (χ1v) is 6.10. The van der Waals surface area contributed by atoms with E-state index in [-0.39, 0.29) is 23.3 Å². The molecule has 1 N–H and O–H groups in total. The standard InChI is InChI=1S/C14H13ClFNO2/c1-8-6-9(2)17-14(10(8)7-18)19-12-5-3-4-11(15)13(12)16/h3-6,18H,7H2,1-2H3. The van der Waals surface area contributed by atoms with Crippen LogP contribution in [0.5, 0.6) is 11.6 Å². The molecule has 1 heterocycles. The molecular formula is C14H13ClFNO2. The molecule has 2 rings (SSSR count). The summed E-state index contributed by atoms with van der Waals surface area (Å²) in [5.74, 6) is -0.463. The number of rotatable bonds is 3. The number of aliphatic hydroxyl groups excluding tert-OH is 1. The number of pyridine rings is 1. The Morgan fingerprint density at radius 1 is 1.37 bits per heavy atom. The van der Waals surface area contributed by atoms with Gasteiger partial charge in [0.1, 0.15) is 0 Å². The van der Waals surface area contributed by atoms with Gasteiger partial charge < -0.3 is 9.84 Å². The van der Waals surface area contributed by atoms with Gasteiger partial charge in [-0.3, -0.25) is 0 Å². The maximum atomic E-state index is 13.8. The van der Waals surface area contributed by atoms with Gasteiger partial charge >= 0.3 is 0 Å². The third kappa shape index (κ3) is 2.85. The van der Waals surface area contributed by atoms with Crippen LogP contribution in [0, 0.1) is 19.7 Å². The average molecular weight is 282 g/mol. The molecule has 2 aromatic rings. The summed E-state index contributed by atoms with van der Waals surface area (Å²) in [4.78, 5) is 4.18. The van der Waals surface area contributed by atoms with Crippen molar-refractivity contribution in [2.45, 2.75) is 20.5 Å². The monoisotopic (exact) mass is 281 g/mol. The van der Waals surface area contributed by atoms with Gasteiger partial charge in [-0.05, 0) is 37.6 Å². The van der Waals surface area contributed by atoms with Gasteiger partial charge in [0.05, 0.1) is 11.6 Å². The first kappa shape index (κ1) is 13.8. The smallest absolute Gasteiger partial charge is 0.225 e. The van der Waals surface area contributed by atoms with Crippen LogP contribution in [0.4, 0.5) is 4.39 Å². The lowest BCUT2D eigenvalue weighted by Crippen LogP contribution is -2.00. The highest BCUT2D eigenvalue weighted by Gasteiger charge is 2.14. The lowest BCUT2D eigenvalue weighted by molar-refractivity contribution is 0.273. The van der Waals surface area contributed by atoms with Crippen LogP contribution in [0.15, 0.2) is 24.3 Å². The Balaban J connectivity index is 2.46. The Bertz CT molecular complexity index is 617. The minimum absolute atomic E-state index is 0.0142. The Hall–Kier alpha value is -1.65. The molecule has 0 atom stereocenters. The Morgan fingerprint density at radius 3 is 2.79 bits per heavy atom. The van der Waals surface area contributed by atoms with Gasteiger partial charge in [-0.25, -0.2) is 9.37 Å². The maximum absolute atomic E-state index is 13.8. The summed E-state index contributed by atoms with van der Waals surface area (Å²) in [5.41, 5.74) is 2.10. The minimum atomic E-state index is -0.644. The van der Waals surface area contributed by atoms with E-state index in [0.717, 1.165) is 11.3 Å². The first-order valence-electron chi connectivity index (χ1n) is 5.72. The molecule has 1 aromatic heterocycles. The fourth-order valence-electron chi connectivity index (χ4n) is 1.77. The summed E-state index contributed by atoms with van der Waals surface area (Å²) in [5, 5.41) is 9.33. The lowest BCUT2D eigenvalue weighted by Gasteiger charge is -2.12. The number of aliphatic hydroxyl groups is 1. The number of hydrogen-bond donors (Lipinski definition) is 1. The van der Waals surface area contributed by atoms with E-state index in [4.69, 9.17) is 16.3 Å². The second kappa shape index (κ2) is 5.55. The summed E-state index contributed by atoms with van der Waals surface area (Å²) in [6.45, 7) is 3.41. The summed E-state index contributed by atoms with van der Waals surface area (Å²) in [6.07, 6.45) is 0. The number of halogens is 2. The summed E-state index contributed by atoms with van der Waals surface area (Å²) < 4.78 is 19.2. The number of aromatic nitrogens is 1. The molecule has 0 bridgehead atoms. The molecule has 3 nitrogen and oxygen atoms in total. The van der Waals surface area contributed by atoms with Crippen LogP contribution in [0.25, 0.3) is 0 Å². The zero-order chi connectivity index (χ0) is 14.0. The molecule has 0 fully saturated rings. The highest BCUT2D eigenvalue weighted by molar-refractivity contribution is 6.30. The van der Waals surface area contributed by atoms with Crippen molar-refractivity contribution in [3.05, 3.63) is 51.9 Å². The van der Waals surface area contributed by atoms with E-state index in [1.807, 2.05) is 13.0 Å². The molecule has 0 spiro atoms. The van der Waals surface area contributed by atoms with Gasteiger partial charge in [-0.2, -0.15) is 0 Å². The molecule has 0 radical (unpaired) electrons. The fraction of sp³-hybridized carbons (Fsp3) is 0.214. The Kier molecular flexibility index (Phi) is 4.02. The zero-order valence-electron chi connectivity index (χ0n) is 10.6. The van der Waals surface area contributed by atoms with Crippen molar-refractivity contribution < 1.29 is 14.2 Å². The van der Waals surface area contributed by atoms with Gasteiger partial charge in [-0.1, -0.05) is 17.7 Å². The molecule has 0 saturated heterocycles. The van der Waals surface area contributed by atoms with Crippen molar-refractivity contribution in [2.24, 2.45) is 0 Å².